The topological polar surface area (TPSA) is 35.5 Å². The minimum absolute atomic E-state index is 0.307. The number of rotatable bonds is 5. The highest BCUT2D eigenvalue weighted by atomic mass is 79.9. The van der Waals surface area contributed by atoms with Crippen molar-refractivity contribution in [3.8, 4) is 0 Å². The third-order valence-electron chi connectivity index (χ3n) is 4.10. The lowest BCUT2D eigenvalue weighted by Crippen LogP contribution is -2.21. The number of nitrogens with zero attached hydrogens (tertiary/aromatic N) is 1. The summed E-state index contributed by atoms with van der Waals surface area (Å²) in [5.41, 5.74) is 2.59. The van der Waals surface area contributed by atoms with E-state index in [-0.39, 0.29) is 0 Å². The molecule has 0 spiro atoms. The van der Waals surface area contributed by atoms with Crippen molar-refractivity contribution >= 4 is 21.6 Å². The van der Waals surface area contributed by atoms with Gasteiger partial charge in [0.05, 0.1) is 0 Å². The summed E-state index contributed by atoms with van der Waals surface area (Å²) in [6, 6.07) is 7.37. The molecule has 104 valence electrons. The van der Waals surface area contributed by atoms with Gasteiger partial charge in [-0.25, -0.2) is 0 Å². The molecule has 1 aromatic carbocycles. The highest BCUT2D eigenvalue weighted by molar-refractivity contribution is 9.10. The van der Waals surface area contributed by atoms with Crippen molar-refractivity contribution in [2.45, 2.75) is 31.8 Å². The minimum Gasteiger partial charge on any atom is -0.396 e. The van der Waals surface area contributed by atoms with Crippen LogP contribution in [0.5, 0.6) is 0 Å². The van der Waals surface area contributed by atoms with Crippen LogP contribution in [0.2, 0.25) is 0 Å². The largest absolute Gasteiger partial charge is 0.396 e. The van der Waals surface area contributed by atoms with Crippen molar-refractivity contribution in [3.05, 3.63) is 28.2 Å². The molecule has 0 bridgehead atoms. The molecule has 4 heteroatoms. The molecule has 1 unspecified atom stereocenters. The summed E-state index contributed by atoms with van der Waals surface area (Å²) in [4.78, 5) is 2.36. The third kappa shape index (κ3) is 3.30. The van der Waals surface area contributed by atoms with Crippen LogP contribution in [0.4, 0.5) is 5.69 Å². The van der Waals surface area contributed by atoms with E-state index in [0.717, 1.165) is 32.1 Å². The van der Waals surface area contributed by atoms with E-state index in [1.165, 1.54) is 28.6 Å². The average Bonchev–Trinajstić information content (AvgIpc) is 3.12. The molecular weight excluding hydrogens is 304 g/mol. The van der Waals surface area contributed by atoms with Gasteiger partial charge in [0.2, 0.25) is 0 Å². The first kappa shape index (κ1) is 13.4. The van der Waals surface area contributed by atoms with Gasteiger partial charge >= 0.3 is 0 Å². The average molecular weight is 325 g/mol. The molecule has 1 saturated heterocycles. The first-order valence-corrected chi connectivity index (χ1v) is 7.93. The van der Waals surface area contributed by atoms with E-state index in [1.54, 1.807) is 0 Å². The number of aliphatic hydroxyl groups excluding tert-OH is 1. The molecule has 0 amide bonds. The van der Waals surface area contributed by atoms with E-state index < -0.39 is 0 Å². The van der Waals surface area contributed by atoms with Gasteiger partial charge < -0.3 is 15.3 Å². The van der Waals surface area contributed by atoms with E-state index in [0.29, 0.717) is 12.5 Å². The highest BCUT2D eigenvalue weighted by Crippen LogP contribution is 2.29. The molecule has 1 heterocycles. The Hall–Kier alpha value is -0.580. The molecule has 1 aliphatic heterocycles. The maximum atomic E-state index is 9.21. The van der Waals surface area contributed by atoms with Crippen LogP contribution in [0.15, 0.2) is 22.7 Å². The van der Waals surface area contributed by atoms with Gasteiger partial charge in [-0.2, -0.15) is 0 Å². The number of nitrogens with one attached hydrogen (secondary N) is 1. The Balaban J connectivity index is 1.64. The van der Waals surface area contributed by atoms with Crippen molar-refractivity contribution < 1.29 is 5.11 Å². The normalized spacial score (nSPS) is 23.1. The fraction of sp³-hybridized carbons (Fsp3) is 0.600. The van der Waals surface area contributed by atoms with Gasteiger partial charge in [0.25, 0.3) is 0 Å². The van der Waals surface area contributed by atoms with Crippen LogP contribution in [-0.2, 0) is 6.54 Å². The zero-order chi connectivity index (χ0) is 13.2. The monoisotopic (exact) mass is 324 g/mol. The lowest BCUT2D eigenvalue weighted by molar-refractivity contribution is 0.238. The summed E-state index contributed by atoms with van der Waals surface area (Å²) in [7, 11) is 0. The number of hydrogen-bond acceptors (Lipinski definition) is 3. The molecular formula is C15H21BrN2O. The van der Waals surface area contributed by atoms with Gasteiger partial charge in [-0.05, 0) is 37.0 Å². The molecule has 2 fully saturated rings. The Kier molecular flexibility index (Phi) is 4.10. The molecule has 1 aliphatic carbocycles. The number of halogens is 1. The Morgan fingerprint density at radius 3 is 2.79 bits per heavy atom. The highest BCUT2D eigenvalue weighted by Gasteiger charge is 2.23. The maximum Gasteiger partial charge on any atom is 0.0476 e. The van der Waals surface area contributed by atoms with Crippen LogP contribution in [0.25, 0.3) is 0 Å². The van der Waals surface area contributed by atoms with Gasteiger partial charge in [-0.3, -0.25) is 0 Å². The smallest absolute Gasteiger partial charge is 0.0476 e. The fourth-order valence-corrected chi connectivity index (χ4v) is 3.14. The SMILES string of the molecule is OCC1CCN(c2ccc(CNC3CC3)c(Br)c2)C1. The molecule has 19 heavy (non-hydrogen) atoms. The Morgan fingerprint density at radius 2 is 2.16 bits per heavy atom. The molecule has 3 nitrogen and oxygen atoms in total. The Morgan fingerprint density at radius 1 is 1.32 bits per heavy atom. The third-order valence-corrected chi connectivity index (χ3v) is 4.84. The minimum atomic E-state index is 0.307. The van der Waals surface area contributed by atoms with Gasteiger partial charge in [0, 0.05) is 48.4 Å². The van der Waals surface area contributed by atoms with Crippen molar-refractivity contribution in [1.82, 2.24) is 5.32 Å². The van der Waals surface area contributed by atoms with Gasteiger partial charge in [-0.15, -0.1) is 0 Å². The van der Waals surface area contributed by atoms with E-state index in [1.807, 2.05) is 0 Å². The van der Waals surface area contributed by atoms with Crippen LogP contribution >= 0.6 is 15.9 Å². The Bertz CT molecular complexity index is 448. The van der Waals surface area contributed by atoms with Crippen molar-refractivity contribution in [3.63, 3.8) is 0 Å². The van der Waals surface area contributed by atoms with Crippen molar-refractivity contribution in [2.24, 2.45) is 5.92 Å². The summed E-state index contributed by atoms with van der Waals surface area (Å²) >= 11 is 3.68. The second-order valence-corrected chi connectivity index (χ2v) is 6.57. The molecule has 3 rings (SSSR count). The zero-order valence-corrected chi connectivity index (χ0v) is 12.7. The first-order chi connectivity index (χ1) is 9.26. The van der Waals surface area contributed by atoms with Crippen LogP contribution in [0.3, 0.4) is 0 Å². The molecule has 1 atom stereocenters. The zero-order valence-electron chi connectivity index (χ0n) is 11.1. The first-order valence-electron chi connectivity index (χ1n) is 7.14. The summed E-state index contributed by atoms with van der Waals surface area (Å²) in [5, 5.41) is 12.8. The second kappa shape index (κ2) is 5.81. The lowest BCUT2D eigenvalue weighted by Gasteiger charge is -2.19. The molecule has 0 aromatic heterocycles. The summed E-state index contributed by atoms with van der Waals surface area (Å²) in [6.07, 6.45) is 3.75. The fourth-order valence-electron chi connectivity index (χ4n) is 2.63. The maximum absolute atomic E-state index is 9.21. The van der Waals surface area contributed by atoms with Crippen molar-refractivity contribution in [1.29, 1.82) is 0 Å². The second-order valence-electron chi connectivity index (χ2n) is 5.71. The molecule has 1 aromatic rings. The van der Waals surface area contributed by atoms with Gasteiger partial charge in [0.1, 0.15) is 0 Å². The number of benzene rings is 1. The number of aliphatic hydroxyl groups is 1. The lowest BCUT2D eigenvalue weighted by atomic mass is 10.1. The molecule has 2 aliphatic rings. The van der Waals surface area contributed by atoms with Crippen LogP contribution < -0.4 is 10.2 Å². The van der Waals surface area contributed by atoms with E-state index in [4.69, 9.17) is 0 Å². The number of hydrogen-bond donors (Lipinski definition) is 2. The van der Waals surface area contributed by atoms with Crippen LogP contribution in [-0.4, -0.2) is 30.8 Å². The van der Waals surface area contributed by atoms with E-state index >= 15 is 0 Å². The van der Waals surface area contributed by atoms with Crippen molar-refractivity contribution in [2.75, 3.05) is 24.6 Å². The molecule has 2 N–H and O–H groups in total. The number of anilines is 1. The van der Waals surface area contributed by atoms with E-state index in [2.05, 4.69) is 44.3 Å². The quantitative estimate of drug-likeness (QED) is 0.873. The summed E-state index contributed by atoms with van der Waals surface area (Å²) < 4.78 is 1.19. The predicted molar refractivity (Wildman–Crippen MR) is 81.4 cm³/mol. The standard InChI is InChI=1S/C15H21BrN2O/c16-15-7-14(18-6-5-11(9-18)10-19)4-1-12(15)8-17-13-2-3-13/h1,4,7,11,13,17,19H,2-3,5-6,8-10H2. The van der Waals surface area contributed by atoms with E-state index in [9.17, 15) is 5.11 Å². The van der Waals surface area contributed by atoms with Crippen LogP contribution in [0.1, 0.15) is 24.8 Å². The summed E-state index contributed by atoms with van der Waals surface area (Å²) in [6.45, 7) is 3.28. The van der Waals surface area contributed by atoms with Gasteiger partial charge in [0.15, 0.2) is 0 Å². The summed E-state index contributed by atoms with van der Waals surface area (Å²) in [5.74, 6) is 0.440. The molecule has 1 saturated carbocycles. The van der Waals surface area contributed by atoms with Crippen LogP contribution in [0, 0.1) is 5.92 Å². The molecule has 0 radical (unpaired) electrons. The Labute approximate surface area is 123 Å². The predicted octanol–water partition coefficient (Wildman–Crippen LogP) is 2.52. The van der Waals surface area contributed by atoms with Gasteiger partial charge in [-0.1, -0.05) is 22.0 Å².